The normalized spacial score (nSPS) is 10.8. The second-order valence-corrected chi connectivity index (χ2v) is 7.16. The fourth-order valence-electron chi connectivity index (χ4n) is 3.21. The van der Waals surface area contributed by atoms with Crippen molar-refractivity contribution in [3.05, 3.63) is 91.5 Å². The van der Waals surface area contributed by atoms with Crippen LogP contribution in [0.2, 0.25) is 0 Å². The quantitative estimate of drug-likeness (QED) is 0.579. The van der Waals surface area contributed by atoms with Gasteiger partial charge in [-0.05, 0) is 54.8 Å². The van der Waals surface area contributed by atoms with Crippen LogP contribution in [0.5, 0.6) is 0 Å². The van der Waals surface area contributed by atoms with Gasteiger partial charge in [0, 0.05) is 13.7 Å². The topological polar surface area (TPSA) is 95.2 Å². The molecule has 0 fully saturated rings. The van der Waals surface area contributed by atoms with Crippen molar-refractivity contribution in [3.63, 3.8) is 0 Å². The Morgan fingerprint density at radius 2 is 1.84 bits per heavy atom. The minimum absolute atomic E-state index is 0.170. The number of nitrogens with zero attached hydrogens (tertiary/aromatic N) is 3. The van der Waals surface area contributed by atoms with Crippen LogP contribution in [0.4, 0.5) is 4.39 Å². The number of aromatic nitrogens is 3. The minimum Gasteiger partial charge on any atom is -0.383 e. The Balaban J connectivity index is 2.18. The molecule has 0 spiro atoms. The number of ether oxygens (including phenoxy) is 1. The number of aryl methyl sites for hydroxylation is 2. The molecule has 0 aliphatic rings. The molecule has 0 saturated carbocycles. The summed E-state index contributed by atoms with van der Waals surface area (Å²) >= 11 is 0. The second kappa shape index (κ2) is 9.48. The lowest BCUT2D eigenvalue weighted by molar-refractivity contribution is 0.0927. The standard InChI is InChI=1S/C22H23FN4O4/c1-14-9-15(2)11-18(10-14)27-22(30)26(13-16-5-4-6-17(23)12-16)21(29)19(25-27)20(28)24-7-8-31-3/h4-6,9-12H,7-8,13H2,1-3H3,(H,24,28). The number of carbonyl (C=O) groups is 1. The summed E-state index contributed by atoms with van der Waals surface area (Å²) in [4.78, 5) is 38.7. The molecule has 3 aromatic rings. The maximum atomic E-state index is 13.6. The minimum atomic E-state index is -0.857. The van der Waals surface area contributed by atoms with Crippen LogP contribution in [0.1, 0.15) is 27.2 Å². The monoisotopic (exact) mass is 426 g/mol. The van der Waals surface area contributed by atoms with Gasteiger partial charge in [-0.25, -0.2) is 9.18 Å². The molecule has 0 aliphatic heterocycles. The van der Waals surface area contributed by atoms with Crippen molar-refractivity contribution in [1.82, 2.24) is 19.7 Å². The number of halogens is 1. The van der Waals surface area contributed by atoms with Crippen LogP contribution in [0.25, 0.3) is 5.69 Å². The molecule has 1 N–H and O–H groups in total. The average molecular weight is 426 g/mol. The van der Waals surface area contributed by atoms with Gasteiger partial charge in [0.2, 0.25) is 5.69 Å². The van der Waals surface area contributed by atoms with E-state index in [4.69, 9.17) is 4.74 Å². The van der Waals surface area contributed by atoms with E-state index in [0.717, 1.165) is 20.4 Å². The van der Waals surface area contributed by atoms with E-state index in [-0.39, 0.29) is 19.7 Å². The van der Waals surface area contributed by atoms with Crippen LogP contribution in [0.3, 0.4) is 0 Å². The molecular weight excluding hydrogens is 403 g/mol. The van der Waals surface area contributed by atoms with E-state index in [1.54, 1.807) is 18.2 Å². The molecule has 0 atom stereocenters. The van der Waals surface area contributed by atoms with Gasteiger partial charge in [-0.1, -0.05) is 18.2 Å². The molecule has 0 aliphatic carbocycles. The van der Waals surface area contributed by atoms with Crippen molar-refractivity contribution in [2.45, 2.75) is 20.4 Å². The Hall–Kier alpha value is -3.59. The third-order valence-corrected chi connectivity index (χ3v) is 4.55. The first-order chi connectivity index (χ1) is 14.8. The van der Waals surface area contributed by atoms with E-state index in [2.05, 4.69) is 10.4 Å². The van der Waals surface area contributed by atoms with Crippen molar-refractivity contribution in [1.29, 1.82) is 0 Å². The summed E-state index contributed by atoms with van der Waals surface area (Å²) in [5.74, 6) is -1.22. The Morgan fingerprint density at radius 3 is 2.48 bits per heavy atom. The maximum absolute atomic E-state index is 13.6. The molecule has 0 radical (unpaired) electrons. The smallest absolute Gasteiger partial charge is 0.352 e. The van der Waals surface area contributed by atoms with Gasteiger partial charge in [-0.3, -0.25) is 14.2 Å². The Bertz CT molecular complexity index is 1210. The van der Waals surface area contributed by atoms with E-state index in [0.29, 0.717) is 11.3 Å². The zero-order chi connectivity index (χ0) is 22.5. The Morgan fingerprint density at radius 1 is 1.13 bits per heavy atom. The van der Waals surface area contributed by atoms with Crippen LogP contribution >= 0.6 is 0 Å². The van der Waals surface area contributed by atoms with E-state index in [1.807, 2.05) is 19.9 Å². The van der Waals surface area contributed by atoms with Crippen LogP contribution in [-0.4, -0.2) is 40.5 Å². The number of methoxy groups -OCH3 is 1. The lowest BCUT2D eigenvalue weighted by Gasteiger charge is -2.13. The number of rotatable bonds is 7. The molecular formula is C22H23FN4O4. The molecule has 0 bridgehead atoms. The van der Waals surface area contributed by atoms with Crippen molar-refractivity contribution in [2.24, 2.45) is 0 Å². The molecule has 9 heteroatoms. The molecule has 0 unspecified atom stereocenters. The number of carbonyl (C=O) groups excluding carboxylic acids is 1. The molecule has 2 aromatic carbocycles. The highest BCUT2D eigenvalue weighted by Gasteiger charge is 2.20. The molecule has 3 rings (SSSR count). The zero-order valence-electron chi connectivity index (χ0n) is 17.5. The Labute approximate surface area is 177 Å². The number of benzene rings is 2. The molecule has 0 saturated heterocycles. The van der Waals surface area contributed by atoms with Crippen molar-refractivity contribution in [2.75, 3.05) is 20.3 Å². The molecule has 1 heterocycles. The number of hydrogen-bond acceptors (Lipinski definition) is 5. The third kappa shape index (κ3) is 5.13. The van der Waals surface area contributed by atoms with Gasteiger partial charge >= 0.3 is 5.69 Å². The summed E-state index contributed by atoms with van der Waals surface area (Å²) in [6.07, 6.45) is 0. The molecule has 8 nitrogen and oxygen atoms in total. The highest BCUT2D eigenvalue weighted by Crippen LogP contribution is 2.11. The van der Waals surface area contributed by atoms with Crippen LogP contribution in [0, 0.1) is 19.7 Å². The number of hydrogen-bond donors (Lipinski definition) is 1. The predicted octanol–water partition coefficient (Wildman–Crippen LogP) is 1.57. The van der Waals surface area contributed by atoms with Crippen LogP contribution < -0.4 is 16.6 Å². The SMILES string of the molecule is COCCNC(=O)c1nn(-c2cc(C)cc(C)c2)c(=O)n(Cc2cccc(F)c2)c1=O. The maximum Gasteiger partial charge on any atom is 0.352 e. The first-order valence-electron chi connectivity index (χ1n) is 9.64. The summed E-state index contributed by atoms with van der Waals surface area (Å²) < 4.78 is 20.4. The highest BCUT2D eigenvalue weighted by atomic mass is 19.1. The largest absolute Gasteiger partial charge is 0.383 e. The summed E-state index contributed by atoms with van der Waals surface area (Å²) in [6, 6.07) is 10.9. The lowest BCUT2D eigenvalue weighted by Crippen LogP contribution is -2.46. The van der Waals surface area contributed by atoms with E-state index in [9.17, 15) is 18.8 Å². The third-order valence-electron chi connectivity index (χ3n) is 4.55. The van der Waals surface area contributed by atoms with Gasteiger partial charge in [-0.15, -0.1) is 0 Å². The Kier molecular flexibility index (Phi) is 6.76. The van der Waals surface area contributed by atoms with Gasteiger partial charge in [0.15, 0.2) is 0 Å². The van der Waals surface area contributed by atoms with Crippen LogP contribution in [0.15, 0.2) is 52.1 Å². The summed E-state index contributed by atoms with van der Waals surface area (Å²) in [5, 5.41) is 6.61. The van der Waals surface area contributed by atoms with Gasteiger partial charge in [0.05, 0.1) is 18.8 Å². The van der Waals surface area contributed by atoms with E-state index >= 15 is 0 Å². The first-order valence-corrected chi connectivity index (χ1v) is 9.64. The fraction of sp³-hybridized carbons (Fsp3) is 0.273. The van der Waals surface area contributed by atoms with Gasteiger partial charge in [0.1, 0.15) is 5.82 Å². The van der Waals surface area contributed by atoms with Crippen molar-refractivity contribution < 1.29 is 13.9 Å². The summed E-state index contributed by atoms with van der Waals surface area (Å²) in [7, 11) is 1.48. The summed E-state index contributed by atoms with van der Waals surface area (Å²) in [5.41, 5.74) is 0.573. The molecule has 31 heavy (non-hydrogen) atoms. The zero-order valence-corrected chi connectivity index (χ0v) is 17.5. The van der Waals surface area contributed by atoms with Gasteiger partial charge in [0.25, 0.3) is 11.5 Å². The van der Waals surface area contributed by atoms with E-state index in [1.165, 1.54) is 25.3 Å². The molecule has 1 amide bonds. The lowest BCUT2D eigenvalue weighted by atomic mass is 10.1. The van der Waals surface area contributed by atoms with Crippen molar-refractivity contribution in [3.8, 4) is 5.69 Å². The predicted molar refractivity (Wildman–Crippen MR) is 113 cm³/mol. The van der Waals surface area contributed by atoms with Crippen molar-refractivity contribution >= 4 is 5.91 Å². The fourth-order valence-corrected chi connectivity index (χ4v) is 3.21. The first kappa shape index (κ1) is 22.1. The molecule has 162 valence electrons. The summed E-state index contributed by atoms with van der Waals surface area (Å²) in [6.45, 7) is 3.94. The average Bonchev–Trinajstić information content (AvgIpc) is 2.70. The van der Waals surface area contributed by atoms with Crippen LogP contribution in [-0.2, 0) is 11.3 Å². The second-order valence-electron chi connectivity index (χ2n) is 7.16. The van der Waals surface area contributed by atoms with E-state index < -0.39 is 28.7 Å². The highest BCUT2D eigenvalue weighted by molar-refractivity contribution is 5.91. The van der Waals surface area contributed by atoms with Gasteiger partial charge < -0.3 is 10.1 Å². The molecule has 1 aromatic heterocycles. The van der Waals surface area contributed by atoms with Gasteiger partial charge in [-0.2, -0.15) is 9.78 Å². The number of amides is 1. The number of nitrogens with one attached hydrogen (secondary N) is 1.